The normalized spacial score (nSPS) is 11.6. The number of amides is 1. The number of carbonyl (C=O) groups is 1. The van der Waals surface area contributed by atoms with Crippen LogP contribution in [0.2, 0.25) is 0 Å². The summed E-state index contributed by atoms with van der Waals surface area (Å²) in [6.45, 7) is 3.71. The number of alkyl halides is 3. The average molecular weight is 246 g/mol. The molecule has 1 N–H and O–H groups in total. The molecule has 0 aliphatic carbocycles. The third-order valence-electron chi connectivity index (χ3n) is 1.93. The molecule has 17 heavy (non-hydrogen) atoms. The number of hydrogen-bond donors (Lipinski definition) is 1. The Morgan fingerprint density at radius 1 is 1.47 bits per heavy atom. The Balaban J connectivity index is 2.76. The highest BCUT2D eigenvalue weighted by molar-refractivity contribution is 5.90. The first-order valence-electron chi connectivity index (χ1n) is 5.12. The summed E-state index contributed by atoms with van der Waals surface area (Å²) in [6, 6.07) is 2.14. The highest BCUT2D eigenvalue weighted by Crippen LogP contribution is 2.28. The van der Waals surface area contributed by atoms with Crippen molar-refractivity contribution in [1.82, 2.24) is 4.98 Å². The summed E-state index contributed by atoms with van der Waals surface area (Å²) in [7, 11) is 0. The fourth-order valence-corrected chi connectivity index (χ4v) is 1.25. The first-order chi connectivity index (χ1) is 7.79. The third kappa shape index (κ3) is 4.42. The van der Waals surface area contributed by atoms with Gasteiger partial charge in [-0.05, 0) is 18.1 Å². The van der Waals surface area contributed by atoms with Gasteiger partial charge in [0.05, 0.1) is 0 Å². The quantitative estimate of drug-likeness (QED) is 0.890. The molecule has 1 amide bonds. The monoisotopic (exact) mass is 246 g/mol. The lowest BCUT2D eigenvalue weighted by Gasteiger charge is -2.09. The molecule has 94 valence electrons. The average Bonchev–Trinajstić information content (AvgIpc) is 2.15. The molecule has 0 aliphatic heterocycles. The van der Waals surface area contributed by atoms with Crippen LogP contribution >= 0.6 is 0 Å². The summed E-state index contributed by atoms with van der Waals surface area (Å²) in [5.74, 6) is -0.154. The zero-order valence-electron chi connectivity index (χ0n) is 9.51. The van der Waals surface area contributed by atoms with Crippen LogP contribution in [0.1, 0.15) is 26.0 Å². The fourth-order valence-electron chi connectivity index (χ4n) is 1.25. The first-order valence-corrected chi connectivity index (χ1v) is 5.12. The van der Waals surface area contributed by atoms with E-state index in [9.17, 15) is 18.0 Å². The summed E-state index contributed by atoms with van der Waals surface area (Å²) in [5.41, 5.74) is -0.905. The lowest BCUT2D eigenvalue weighted by atomic mass is 10.1. The number of nitrogens with zero attached hydrogens (tertiary/aromatic N) is 1. The van der Waals surface area contributed by atoms with E-state index in [4.69, 9.17) is 0 Å². The van der Waals surface area contributed by atoms with Gasteiger partial charge < -0.3 is 5.32 Å². The topological polar surface area (TPSA) is 42.0 Å². The molecule has 0 saturated carbocycles. The summed E-state index contributed by atoms with van der Waals surface area (Å²) >= 11 is 0. The van der Waals surface area contributed by atoms with Crippen molar-refractivity contribution in [3.63, 3.8) is 0 Å². The minimum Gasteiger partial charge on any atom is -0.326 e. The summed E-state index contributed by atoms with van der Waals surface area (Å²) < 4.78 is 37.0. The van der Waals surface area contributed by atoms with Crippen LogP contribution in [0.3, 0.4) is 0 Å². The second kappa shape index (κ2) is 5.16. The van der Waals surface area contributed by atoms with Gasteiger partial charge in [-0.25, -0.2) is 0 Å². The molecular weight excluding hydrogens is 233 g/mol. The molecule has 1 aromatic heterocycles. The number of pyridine rings is 1. The minimum atomic E-state index is -4.50. The van der Waals surface area contributed by atoms with Crippen LogP contribution in [-0.4, -0.2) is 10.9 Å². The number of rotatable bonds is 3. The van der Waals surface area contributed by atoms with E-state index in [0.717, 1.165) is 12.3 Å². The lowest BCUT2D eigenvalue weighted by Crippen LogP contribution is -2.15. The highest BCUT2D eigenvalue weighted by atomic mass is 19.4. The highest BCUT2D eigenvalue weighted by Gasteiger charge is 2.32. The van der Waals surface area contributed by atoms with Crippen LogP contribution in [0.5, 0.6) is 0 Å². The first kappa shape index (κ1) is 13.5. The molecule has 1 rings (SSSR count). The van der Waals surface area contributed by atoms with E-state index in [-0.39, 0.29) is 23.9 Å². The Labute approximate surface area is 97.0 Å². The maximum Gasteiger partial charge on any atom is 0.433 e. The number of anilines is 1. The molecule has 0 saturated heterocycles. The Morgan fingerprint density at radius 2 is 2.12 bits per heavy atom. The van der Waals surface area contributed by atoms with Crippen LogP contribution in [0.4, 0.5) is 18.9 Å². The van der Waals surface area contributed by atoms with Gasteiger partial charge in [-0.3, -0.25) is 9.78 Å². The van der Waals surface area contributed by atoms with E-state index in [1.54, 1.807) is 0 Å². The van der Waals surface area contributed by atoms with E-state index in [1.165, 1.54) is 6.07 Å². The molecule has 1 heterocycles. The third-order valence-corrected chi connectivity index (χ3v) is 1.93. The fraction of sp³-hybridized carbons (Fsp3) is 0.455. The van der Waals surface area contributed by atoms with Gasteiger partial charge in [0.15, 0.2) is 0 Å². The molecule has 0 fully saturated rings. The summed E-state index contributed by atoms with van der Waals surface area (Å²) in [4.78, 5) is 14.6. The maximum atomic E-state index is 12.3. The van der Waals surface area contributed by atoms with Crippen molar-refractivity contribution in [1.29, 1.82) is 0 Å². The standard InChI is InChI=1S/C11H13F3N2O/c1-7(2)5-10(17)16-8-3-4-15-9(6-8)11(12,13)14/h3-4,6-7H,5H2,1-2H3,(H,15,16,17). The molecule has 1 aromatic rings. The van der Waals surface area contributed by atoms with Crippen molar-refractivity contribution >= 4 is 11.6 Å². The van der Waals surface area contributed by atoms with Crippen LogP contribution in [0, 0.1) is 5.92 Å². The van der Waals surface area contributed by atoms with Crippen LogP contribution in [0.15, 0.2) is 18.3 Å². The zero-order chi connectivity index (χ0) is 13.1. The van der Waals surface area contributed by atoms with Gasteiger partial charge in [-0.15, -0.1) is 0 Å². The van der Waals surface area contributed by atoms with Gasteiger partial charge in [0.25, 0.3) is 0 Å². The minimum absolute atomic E-state index is 0.109. The zero-order valence-corrected chi connectivity index (χ0v) is 9.51. The predicted molar refractivity (Wildman–Crippen MR) is 57.3 cm³/mol. The van der Waals surface area contributed by atoms with Crippen molar-refractivity contribution in [3.8, 4) is 0 Å². The van der Waals surface area contributed by atoms with Gasteiger partial charge in [0, 0.05) is 18.3 Å². The molecule has 6 heteroatoms. The molecule has 0 aliphatic rings. The molecule has 0 bridgehead atoms. The number of halogens is 3. The number of nitrogens with one attached hydrogen (secondary N) is 1. The molecule has 0 unspecified atom stereocenters. The van der Waals surface area contributed by atoms with Gasteiger partial charge in [0.1, 0.15) is 5.69 Å². The number of hydrogen-bond acceptors (Lipinski definition) is 2. The Morgan fingerprint density at radius 3 is 2.65 bits per heavy atom. The molecule has 0 atom stereocenters. The number of aromatic nitrogens is 1. The second-order valence-corrected chi connectivity index (χ2v) is 4.07. The van der Waals surface area contributed by atoms with Gasteiger partial charge in [-0.2, -0.15) is 13.2 Å². The van der Waals surface area contributed by atoms with Gasteiger partial charge >= 0.3 is 6.18 Å². The Hall–Kier alpha value is -1.59. The molecule has 0 aromatic carbocycles. The van der Waals surface area contributed by atoms with Crippen LogP contribution in [-0.2, 0) is 11.0 Å². The van der Waals surface area contributed by atoms with E-state index >= 15 is 0 Å². The Bertz CT molecular complexity index is 402. The van der Waals surface area contributed by atoms with E-state index in [1.807, 2.05) is 13.8 Å². The summed E-state index contributed by atoms with van der Waals surface area (Å²) in [6.07, 6.45) is -3.21. The molecule has 0 radical (unpaired) electrons. The van der Waals surface area contributed by atoms with E-state index < -0.39 is 11.9 Å². The number of carbonyl (C=O) groups excluding carboxylic acids is 1. The SMILES string of the molecule is CC(C)CC(=O)Nc1ccnc(C(F)(F)F)c1. The Kier molecular flexibility index (Phi) is 4.09. The van der Waals surface area contributed by atoms with Crippen LogP contribution in [0.25, 0.3) is 0 Å². The second-order valence-electron chi connectivity index (χ2n) is 4.07. The van der Waals surface area contributed by atoms with Crippen molar-refractivity contribution < 1.29 is 18.0 Å². The lowest BCUT2D eigenvalue weighted by molar-refractivity contribution is -0.141. The molecular formula is C11H13F3N2O. The predicted octanol–water partition coefficient (Wildman–Crippen LogP) is 3.09. The smallest absolute Gasteiger partial charge is 0.326 e. The van der Waals surface area contributed by atoms with Gasteiger partial charge in [-0.1, -0.05) is 13.8 Å². The van der Waals surface area contributed by atoms with Crippen molar-refractivity contribution in [2.45, 2.75) is 26.4 Å². The van der Waals surface area contributed by atoms with E-state index in [0.29, 0.717) is 0 Å². The maximum absolute atomic E-state index is 12.3. The van der Waals surface area contributed by atoms with Gasteiger partial charge in [0.2, 0.25) is 5.91 Å². The summed E-state index contributed by atoms with van der Waals surface area (Å²) in [5, 5.41) is 2.41. The van der Waals surface area contributed by atoms with Crippen molar-refractivity contribution in [2.75, 3.05) is 5.32 Å². The van der Waals surface area contributed by atoms with E-state index in [2.05, 4.69) is 10.3 Å². The van der Waals surface area contributed by atoms with Crippen molar-refractivity contribution in [2.24, 2.45) is 5.92 Å². The largest absolute Gasteiger partial charge is 0.433 e. The molecule has 0 spiro atoms. The van der Waals surface area contributed by atoms with Crippen molar-refractivity contribution in [3.05, 3.63) is 24.0 Å². The molecule has 3 nitrogen and oxygen atoms in total. The van der Waals surface area contributed by atoms with Crippen LogP contribution < -0.4 is 5.32 Å².